The predicted molar refractivity (Wildman–Crippen MR) is 69.6 cm³/mol. The molecule has 2 saturated heterocycles. The molecule has 1 spiro atoms. The van der Waals surface area contributed by atoms with Crippen molar-refractivity contribution in [1.29, 1.82) is 0 Å². The molecule has 3 fully saturated rings. The molecule has 0 aromatic heterocycles. The van der Waals surface area contributed by atoms with E-state index in [4.69, 9.17) is 4.74 Å². The van der Waals surface area contributed by atoms with Crippen molar-refractivity contribution in [3.05, 3.63) is 0 Å². The number of hydrogen-bond donors (Lipinski definition) is 1. The van der Waals surface area contributed by atoms with Crippen molar-refractivity contribution < 1.29 is 14.3 Å². The molecule has 0 atom stereocenters. The molecule has 1 aliphatic carbocycles. The quantitative estimate of drug-likeness (QED) is 0.785. The SMILES string of the molecule is O=C1NCC2(CCOCC2)C(=O)N1C1CCCCC1. The smallest absolute Gasteiger partial charge is 0.324 e. The molecule has 0 bridgehead atoms. The summed E-state index contributed by atoms with van der Waals surface area (Å²) in [5, 5.41) is 2.93. The minimum Gasteiger partial charge on any atom is -0.381 e. The van der Waals surface area contributed by atoms with Gasteiger partial charge in [0, 0.05) is 25.8 Å². The molecule has 3 aliphatic rings. The summed E-state index contributed by atoms with van der Waals surface area (Å²) in [5.41, 5.74) is -0.399. The fraction of sp³-hybridized carbons (Fsp3) is 0.857. The second-order valence-corrected chi connectivity index (χ2v) is 6.02. The van der Waals surface area contributed by atoms with Crippen molar-refractivity contribution >= 4 is 11.9 Å². The van der Waals surface area contributed by atoms with Crippen LogP contribution >= 0.6 is 0 Å². The number of urea groups is 1. The molecule has 0 aromatic rings. The minimum atomic E-state index is -0.399. The van der Waals surface area contributed by atoms with Crippen molar-refractivity contribution in [2.45, 2.75) is 51.0 Å². The van der Waals surface area contributed by atoms with Crippen molar-refractivity contribution in [3.63, 3.8) is 0 Å². The van der Waals surface area contributed by atoms with E-state index >= 15 is 0 Å². The van der Waals surface area contributed by atoms with Gasteiger partial charge in [0.05, 0.1) is 5.41 Å². The number of rotatable bonds is 1. The van der Waals surface area contributed by atoms with Gasteiger partial charge in [-0.1, -0.05) is 19.3 Å². The summed E-state index contributed by atoms with van der Waals surface area (Å²) in [6, 6.07) is -0.0738. The van der Waals surface area contributed by atoms with Gasteiger partial charge in [0.1, 0.15) is 0 Å². The Balaban J connectivity index is 1.80. The van der Waals surface area contributed by atoms with Crippen molar-refractivity contribution in [1.82, 2.24) is 10.2 Å². The second kappa shape index (κ2) is 5.12. The first-order valence-electron chi connectivity index (χ1n) is 7.42. The summed E-state index contributed by atoms with van der Waals surface area (Å²) in [6.45, 7) is 1.73. The molecule has 1 saturated carbocycles. The van der Waals surface area contributed by atoms with Gasteiger partial charge >= 0.3 is 6.03 Å². The van der Waals surface area contributed by atoms with Crippen LogP contribution in [0.15, 0.2) is 0 Å². The molecule has 0 radical (unpaired) electrons. The van der Waals surface area contributed by atoms with Gasteiger partial charge < -0.3 is 10.1 Å². The minimum absolute atomic E-state index is 0.0476. The largest absolute Gasteiger partial charge is 0.381 e. The Bertz CT molecular complexity index is 371. The summed E-state index contributed by atoms with van der Waals surface area (Å²) in [7, 11) is 0. The maximum Gasteiger partial charge on any atom is 0.324 e. The third-order valence-electron chi connectivity index (χ3n) is 4.86. The van der Waals surface area contributed by atoms with E-state index in [0.29, 0.717) is 19.8 Å². The zero-order chi connectivity index (χ0) is 13.3. The van der Waals surface area contributed by atoms with E-state index in [0.717, 1.165) is 38.5 Å². The molecule has 1 N–H and O–H groups in total. The lowest BCUT2D eigenvalue weighted by atomic mass is 9.76. The van der Waals surface area contributed by atoms with Crippen LogP contribution < -0.4 is 5.32 Å². The lowest BCUT2D eigenvalue weighted by molar-refractivity contribution is -0.149. The Morgan fingerprint density at radius 2 is 1.79 bits per heavy atom. The van der Waals surface area contributed by atoms with Crippen molar-refractivity contribution in [2.24, 2.45) is 5.41 Å². The summed E-state index contributed by atoms with van der Waals surface area (Å²) in [4.78, 5) is 26.4. The van der Waals surface area contributed by atoms with Crippen LogP contribution in [0.25, 0.3) is 0 Å². The van der Waals surface area contributed by atoms with Gasteiger partial charge in [-0.3, -0.25) is 9.69 Å². The maximum absolute atomic E-state index is 12.8. The number of imide groups is 1. The van der Waals surface area contributed by atoms with Crippen LogP contribution in [0.2, 0.25) is 0 Å². The predicted octanol–water partition coefficient (Wildman–Crippen LogP) is 1.67. The second-order valence-electron chi connectivity index (χ2n) is 6.02. The molecular formula is C14H22N2O3. The van der Waals surface area contributed by atoms with Crippen LogP contribution in [0.5, 0.6) is 0 Å². The van der Waals surface area contributed by atoms with Crippen LogP contribution in [0, 0.1) is 5.41 Å². The molecule has 0 unspecified atom stereocenters. The van der Waals surface area contributed by atoms with E-state index < -0.39 is 5.41 Å². The summed E-state index contributed by atoms with van der Waals surface area (Å²) < 4.78 is 5.37. The average molecular weight is 266 g/mol. The fourth-order valence-electron chi connectivity index (χ4n) is 3.58. The van der Waals surface area contributed by atoms with E-state index in [1.54, 1.807) is 0 Å². The molecule has 5 nitrogen and oxygen atoms in total. The molecule has 106 valence electrons. The summed E-state index contributed by atoms with van der Waals surface area (Å²) in [5.74, 6) is 0.0476. The molecule has 3 amide bonds. The van der Waals surface area contributed by atoms with Gasteiger partial charge in [0.15, 0.2) is 0 Å². The number of carbonyl (C=O) groups is 2. The highest BCUT2D eigenvalue weighted by atomic mass is 16.5. The number of nitrogens with one attached hydrogen (secondary N) is 1. The Hall–Kier alpha value is -1.10. The van der Waals surface area contributed by atoms with E-state index in [1.165, 1.54) is 11.3 Å². The standard InChI is InChI=1S/C14H22N2O3/c17-12-14(6-8-19-9-7-14)10-15-13(18)16(12)11-4-2-1-3-5-11/h11H,1-10H2,(H,15,18). The third-order valence-corrected chi connectivity index (χ3v) is 4.86. The molecule has 5 heteroatoms. The van der Waals surface area contributed by atoms with Gasteiger partial charge in [0.25, 0.3) is 0 Å². The fourth-order valence-corrected chi connectivity index (χ4v) is 3.58. The highest BCUT2D eigenvalue weighted by molar-refractivity contribution is 6.00. The normalized spacial score (nSPS) is 28.5. The van der Waals surface area contributed by atoms with Crippen molar-refractivity contribution in [3.8, 4) is 0 Å². The molecule has 3 rings (SSSR count). The van der Waals surface area contributed by atoms with Crippen LogP contribution in [0.4, 0.5) is 4.79 Å². The van der Waals surface area contributed by atoms with Crippen LogP contribution in [-0.4, -0.2) is 42.6 Å². The highest BCUT2D eigenvalue weighted by Gasteiger charge is 2.49. The van der Waals surface area contributed by atoms with Gasteiger partial charge in [-0.05, 0) is 25.7 Å². The Labute approximate surface area is 113 Å². The van der Waals surface area contributed by atoms with Crippen LogP contribution in [0.1, 0.15) is 44.9 Å². The van der Waals surface area contributed by atoms with E-state index in [9.17, 15) is 9.59 Å². The number of carbonyl (C=O) groups excluding carboxylic acids is 2. The summed E-state index contributed by atoms with van der Waals surface area (Å²) in [6.07, 6.45) is 6.86. The average Bonchev–Trinajstić information content (AvgIpc) is 2.46. The van der Waals surface area contributed by atoms with E-state index in [1.807, 2.05) is 0 Å². The first kappa shape index (κ1) is 12.9. The lowest BCUT2D eigenvalue weighted by Crippen LogP contribution is -2.64. The van der Waals surface area contributed by atoms with Gasteiger partial charge in [0.2, 0.25) is 5.91 Å². The molecule has 2 heterocycles. The highest BCUT2D eigenvalue weighted by Crippen LogP contribution is 2.37. The molecule has 0 aromatic carbocycles. The van der Waals surface area contributed by atoms with Gasteiger partial charge in [-0.15, -0.1) is 0 Å². The number of nitrogens with zero attached hydrogens (tertiary/aromatic N) is 1. The maximum atomic E-state index is 12.8. The number of amides is 3. The van der Waals surface area contributed by atoms with Gasteiger partial charge in [-0.2, -0.15) is 0 Å². The molecule has 19 heavy (non-hydrogen) atoms. The molecular weight excluding hydrogens is 244 g/mol. The van der Waals surface area contributed by atoms with E-state index in [-0.39, 0.29) is 18.0 Å². The molecule has 2 aliphatic heterocycles. The van der Waals surface area contributed by atoms with E-state index in [2.05, 4.69) is 5.32 Å². The topological polar surface area (TPSA) is 58.6 Å². The zero-order valence-corrected chi connectivity index (χ0v) is 11.3. The van der Waals surface area contributed by atoms with Crippen LogP contribution in [0.3, 0.4) is 0 Å². The van der Waals surface area contributed by atoms with Crippen LogP contribution in [-0.2, 0) is 9.53 Å². The monoisotopic (exact) mass is 266 g/mol. The van der Waals surface area contributed by atoms with Crippen molar-refractivity contribution in [2.75, 3.05) is 19.8 Å². The first-order chi connectivity index (χ1) is 9.23. The zero-order valence-electron chi connectivity index (χ0n) is 11.3. The Kier molecular flexibility index (Phi) is 3.48. The Morgan fingerprint density at radius 1 is 1.11 bits per heavy atom. The third kappa shape index (κ3) is 2.24. The summed E-state index contributed by atoms with van der Waals surface area (Å²) >= 11 is 0. The number of ether oxygens (including phenoxy) is 1. The Morgan fingerprint density at radius 3 is 2.47 bits per heavy atom. The number of hydrogen-bond acceptors (Lipinski definition) is 3. The lowest BCUT2D eigenvalue weighted by Gasteiger charge is -2.46. The first-order valence-corrected chi connectivity index (χ1v) is 7.42. The van der Waals surface area contributed by atoms with Gasteiger partial charge in [-0.25, -0.2) is 4.79 Å².